The van der Waals surface area contributed by atoms with E-state index in [4.69, 9.17) is 4.99 Å². The minimum absolute atomic E-state index is 0. The molecule has 0 radical (unpaired) electrons. The van der Waals surface area contributed by atoms with Crippen molar-refractivity contribution in [2.45, 2.75) is 57.7 Å². The van der Waals surface area contributed by atoms with Gasteiger partial charge in [0.05, 0.1) is 6.54 Å². The number of carbonyl (C=O) groups excluding carboxylic acids is 1. The number of nitrogens with zero attached hydrogens (tertiary/aromatic N) is 1. The van der Waals surface area contributed by atoms with Crippen molar-refractivity contribution in [3.63, 3.8) is 0 Å². The molecule has 2 rings (SSSR count). The van der Waals surface area contributed by atoms with Gasteiger partial charge in [0, 0.05) is 29.4 Å². The highest BCUT2D eigenvalue weighted by Gasteiger charge is 2.22. The van der Waals surface area contributed by atoms with Gasteiger partial charge in [-0.15, -0.1) is 24.0 Å². The van der Waals surface area contributed by atoms with Crippen LogP contribution in [-0.4, -0.2) is 36.0 Å². The summed E-state index contributed by atoms with van der Waals surface area (Å²) < 4.78 is 0.153. The number of anilines is 1. The maximum Gasteiger partial charge on any atom is 0.227 e. The Morgan fingerprint density at radius 1 is 1.25 bits per heavy atom. The zero-order chi connectivity index (χ0) is 19.7. The lowest BCUT2D eigenvalue weighted by atomic mass is 10.1. The molecule has 28 heavy (non-hydrogen) atoms. The summed E-state index contributed by atoms with van der Waals surface area (Å²) in [6, 6.07) is 7.99. The molecular formula is C21H35IN4OS. The molecule has 5 nitrogen and oxygen atoms in total. The van der Waals surface area contributed by atoms with E-state index in [0.717, 1.165) is 43.1 Å². The third-order valence-corrected chi connectivity index (χ3v) is 6.17. The van der Waals surface area contributed by atoms with Gasteiger partial charge in [-0.2, -0.15) is 11.8 Å². The fourth-order valence-electron chi connectivity index (χ4n) is 3.06. The molecule has 3 N–H and O–H groups in total. The summed E-state index contributed by atoms with van der Waals surface area (Å²) in [5, 5.41) is 9.78. The van der Waals surface area contributed by atoms with Crippen molar-refractivity contribution in [2.75, 3.05) is 24.7 Å². The summed E-state index contributed by atoms with van der Waals surface area (Å²) in [7, 11) is 0. The second-order valence-electron chi connectivity index (χ2n) is 7.68. The van der Waals surface area contributed by atoms with Gasteiger partial charge in [-0.05, 0) is 57.6 Å². The number of hydrogen-bond acceptors (Lipinski definition) is 3. The highest BCUT2D eigenvalue weighted by atomic mass is 127. The normalized spacial score (nSPS) is 15.1. The van der Waals surface area contributed by atoms with Crippen LogP contribution in [0.1, 0.15) is 52.0 Å². The van der Waals surface area contributed by atoms with E-state index in [1.165, 1.54) is 12.8 Å². The van der Waals surface area contributed by atoms with E-state index in [-0.39, 0.29) is 40.5 Å². The van der Waals surface area contributed by atoms with Crippen LogP contribution in [0.15, 0.2) is 29.3 Å². The van der Waals surface area contributed by atoms with Crippen LogP contribution < -0.4 is 16.0 Å². The Morgan fingerprint density at radius 3 is 2.61 bits per heavy atom. The second kappa shape index (κ2) is 12.6. The first-order valence-corrected chi connectivity index (χ1v) is 11.1. The van der Waals surface area contributed by atoms with Gasteiger partial charge in [-0.25, -0.2) is 4.99 Å². The van der Waals surface area contributed by atoms with Crippen molar-refractivity contribution in [3.05, 3.63) is 29.8 Å². The standard InChI is InChI=1S/C21H34N4OS.HI/c1-5-22-20(24-15-21(2,3)27-4)23-14-16-9-8-12-18(13-16)25-19(26)17-10-6-7-11-17;/h8-9,12-13,17H,5-7,10-11,14-15H2,1-4H3,(H,25,26)(H2,22,23,24);1H. The Labute approximate surface area is 191 Å². The summed E-state index contributed by atoms with van der Waals surface area (Å²) in [5.41, 5.74) is 1.95. The van der Waals surface area contributed by atoms with Crippen molar-refractivity contribution in [3.8, 4) is 0 Å². The van der Waals surface area contributed by atoms with Gasteiger partial charge < -0.3 is 16.0 Å². The average Bonchev–Trinajstić information content (AvgIpc) is 3.19. The molecule has 0 spiro atoms. The topological polar surface area (TPSA) is 65.5 Å². The van der Waals surface area contributed by atoms with E-state index in [2.05, 4.69) is 43.0 Å². The first-order chi connectivity index (χ1) is 12.9. The Balaban J connectivity index is 0.00000392. The molecule has 158 valence electrons. The number of halogens is 1. The maximum atomic E-state index is 12.3. The van der Waals surface area contributed by atoms with E-state index in [9.17, 15) is 4.79 Å². The smallest absolute Gasteiger partial charge is 0.227 e. The molecule has 0 aromatic heterocycles. The van der Waals surface area contributed by atoms with Crippen LogP contribution >= 0.6 is 35.7 Å². The summed E-state index contributed by atoms with van der Waals surface area (Å²) in [4.78, 5) is 17.0. The SMILES string of the molecule is CCNC(=NCc1cccc(NC(=O)C2CCCC2)c1)NCC(C)(C)SC.I. The lowest BCUT2D eigenvalue weighted by Gasteiger charge is -2.23. The fourth-order valence-corrected chi connectivity index (χ4v) is 3.28. The Hall–Kier alpha value is -0.960. The summed E-state index contributed by atoms with van der Waals surface area (Å²) in [6.07, 6.45) is 6.48. The van der Waals surface area contributed by atoms with Crippen molar-refractivity contribution < 1.29 is 4.79 Å². The number of guanidine groups is 1. The number of amides is 1. The third-order valence-electron chi connectivity index (χ3n) is 4.92. The summed E-state index contributed by atoms with van der Waals surface area (Å²) in [6.45, 7) is 8.73. The molecule has 1 aliphatic rings. The van der Waals surface area contributed by atoms with Crippen molar-refractivity contribution in [1.82, 2.24) is 10.6 Å². The first kappa shape index (κ1) is 25.1. The van der Waals surface area contributed by atoms with Gasteiger partial charge in [-0.1, -0.05) is 25.0 Å². The van der Waals surface area contributed by atoms with Crippen LogP contribution in [0, 0.1) is 5.92 Å². The Morgan fingerprint density at radius 2 is 1.96 bits per heavy atom. The largest absolute Gasteiger partial charge is 0.357 e. The second-order valence-corrected chi connectivity index (χ2v) is 9.20. The van der Waals surface area contributed by atoms with E-state index >= 15 is 0 Å². The van der Waals surface area contributed by atoms with Crippen LogP contribution in [0.4, 0.5) is 5.69 Å². The van der Waals surface area contributed by atoms with Crippen molar-refractivity contribution >= 4 is 53.3 Å². The molecule has 1 saturated carbocycles. The molecule has 0 bridgehead atoms. The summed E-state index contributed by atoms with van der Waals surface area (Å²) >= 11 is 1.83. The zero-order valence-corrected chi connectivity index (χ0v) is 20.7. The monoisotopic (exact) mass is 518 g/mol. The molecule has 0 atom stereocenters. The van der Waals surface area contributed by atoms with Crippen LogP contribution in [0.25, 0.3) is 0 Å². The van der Waals surface area contributed by atoms with Crippen LogP contribution in [0.2, 0.25) is 0 Å². The Bertz CT molecular complexity index is 645. The van der Waals surface area contributed by atoms with Crippen LogP contribution in [0.5, 0.6) is 0 Å². The number of thioether (sulfide) groups is 1. The number of benzene rings is 1. The van der Waals surface area contributed by atoms with Gasteiger partial charge in [0.25, 0.3) is 0 Å². The first-order valence-electron chi connectivity index (χ1n) is 9.90. The van der Waals surface area contributed by atoms with Gasteiger partial charge in [-0.3, -0.25) is 4.79 Å². The number of carbonyl (C=O) groups is 1. The highest BCUT2D eigenvalue weighted by molar-refractivity contribution is 14.0. The van der Waals surface area contributed by atoms with Crippen LogP contribution in [0.3, 0.4) is 0 Å². The molecule has 0 heterocycles. The van der Waals surface area contributed by atoms with Gasteiger partial charge >= 0.3 is 0 Å². The minimum atomic E-state index is 0. The fraction of sp³-hybridized carbons (Fsp3) is 0.619. The quantitative estimate of drug-likeness (QED) is 0.267. The third kappa shape index (κ3) is 8.59. The molecule has 0 aliphatic heterocycles. The van der Waals surface area contributed by atoms with E-state index in [1.807, 2.05) is 36.0 Å². The number of rotatable bonds is 8. The van der Waals surface area contributed by atoms with Gasteiger partial charge in [0.15, 0.2) is 5.96 Å². The zero-order valence-electron chi connectivity index (χ0n) is 17.5. The van der Waals surface area contributed by atoms with E-state index in [1.54, 1.807) is 0 Å². The molecule has 1 fully saturated rings. The van der Waals surface area contributed by atoms with Gasteiger partial charge in [0.2, 0.25) is 5.91 Å². The summed E-state index contributed by atoms with van der Waals surface area (Å²) in [5.74, 6) is 1.15. The predicted molar refractivity (Wildman–Crippen MR) is 133 cm³/mol. The Kier molecular flexibility index (Phi) is 11.3. The number of aliphatic imine (C=N–C) groups is 1. The minimum Gasteiger partial charge on any atom is -0.357 e. The van der Waals surface area contributed by atoms with Crippen LogP contribution in [-0.2, 0) is 11.3 Å². The molecule has 0 unspecified atom stereocenters. The predicted octanol–water partition coefficient (Wildman–Crippen LogP) is 4.63. The van der Waals surface area contributed by atoms with Crippen molar-refractivity contribution in [2.24, 2.45) is 10.9 Å². The number of nitrogens with one attached hydrogen (secondary N) is 3. The molecule has 1 aromatic rings. The highest BCUT2D eigenvalue weighted by Crippen LogP contribution is 2.26. The maximum absolute atomic E-state index is 12.3. The number of hydrogen-bond donors (Lipinski definition) is 3. The van der Waals surface area contributed by atoms with E-state index < -0.39 is 0 Å². The average molecular weight is 519 g/mol. The lowest BCUT2D eigenvalue weighted by molar-refractivity contribution is -0.119. The lowest BCUT2D eigenvalue weighted by Crippen LogP contribution is -2.43. The van der Waals surface area contributed by atoms with E-state index in [0.29, 0.717) is 6.54 Å². The molecule has 0 saturated heterocycles. The molecule has 1 aliphatic carbocycles. The molecular weight excluding hydrogens is 483 g/mol. The molecule has 1 aromatic carbocycles. The van der Waals surface area contributed by atoms with Gasteiger partial charge in [0.1, 0.15) is 0 Å². The molecule has 7 heteroatoms. The van der Waals surface area contributed by atoms with Crippen molar-refractivity contribution in [1.29, 1.82) is 0 Å². The molecule has 1 amide bonds.